The van der Waals surface area contributed by atoms with Crippen molar-refractivity contribution in [3.05, 3.63) is 23.3 Å². The Morgan fingerprint density at radius 2 is 2.30 bits per heavy atom. The first-order chi connectivity index (χ1) is 9.61. The number of rotatable bonds is 4. The van der Waals surface area contributed by atoms with E-state index >= 15 is 0 Å². The van der Waals surface area contributed by atoms with E-state index in [4.69, 9.17) is 10.5 Å². The molecule has 0 saturated carbocycles. The van der Waals surface area contributed by atoms with E-state index in [0.717, 1.165) is 17.8 Å². The van der Waals surface area contributed by atoms with Crippen molar-refractivity contribution in [1.82, 2.24) is 0 Å². The van der Waals surface area contributed by atoms with E-state index < -0.39 is 0 Å². The van der Waals surface area contributed by atoms with Gasteiger partial charge in [-0.2, -0.15) is 11.8 Å². The van der Waals surface area contributed by atoms with Gasteiger partial charge in [0.2, 0.25) is 0 Å². The molecule has 0 aromatic heterocycles. The highest BCUT2D eigenvalue weighted by atomic mass is 32.2. The van der Waals surface area contributed by atoms with Gasteiger partial charge in [-0.1, -0.05) is 6.42 Å². The van der Waals surface area contributed by atoms with Crippen molar-refractivity contribution in [2.75, 3.05) is 30.5 Å². The van der Waals surface area contributed by atoms with Crippen LogP contribution in [0.15, 0.2) is 12.1 Å². The Morgan fingerprint density at radius 1 is 1.50 bits per heavy atom. The molecule has 1 aliphatic rings. The lowest BCUT2D eigenvalue weighted by Crippen LogP contribution is -2.20. The van der Waals surface area contributed by atoms with Crippen LogP contribution in [0.5, 0.6) is 0 Å². The Labute approximate surface area is 124 Å². The molecule has 4 nitrogen and oxygen atoms in total. The summed E-state index contributed by atoms with van der Waals surface area (Å²) in [5.74, 6) is 0.863. The summed E-state index contributed by atoms with van der Waals surface area (Å²) in [7, 11) is 1.37. The third-order valence-corrected chi connectivity index (χ3v) is 5.00. The number of carbonyl (C=O) groups excluding carboxylic acids is 1. The number of methoxy groups -OCH3 is 1. The zero-order chi connectivity index (χ0) is 14.5. The van der Waals surface area contributed by atoms with Gasteiger partial charge in [0.25, 0.3) is 0 Å². The lowest BCUT2D eigenvalue weighted by molar-refractivity contribution is 0.0602. The van der Waals surface area contributed by atoms with Crippen molar-refractivity contribution < 1.29 is 9.53 Å². The fourth-order valence-corrected chi connectivity index (χ4v) is 3.62. The standard InChI is InChI=1S/C15H22N2O2S/c1-10-7-11(8-13(14(10)16)15(18)19-2)17-9-12-5-3-4-6-20-12/h7-8,12,17H,3-6,9,16H2,1-2H3. The first-order valence-corrected chi connectivity index (χ1v) is 8.00. The molecule has 0 amide bonds. The molecule has 20 heavy (non-hydrogen) atoms. The summed E-state index contributed by atoms with van der Waals surface area (Å²) in [6.45, 7) is 2.83. The average Bonchev–Trinajstić information content (AvgIpc) is 2.48. The van der Waals surface area contributed by atoms with Gasteiger partial charge in [0.05, 0.1) is 12.7 Å². The maximum atomic E-state index is 11.7. The summed E-state index contributed by atoms with van der Waals surface area (Å²) >= 11 is 2.03. The quantitative estimate of drug-likeness (QED) is 0.660. The number of ether oxygens (including phenoxy) is 1. The summed E-state index contributed by atoms with van der Waals surface area (Å²) in [6, 6.07) is 3.76. The molecule has 2 rings (SSSR count). The largest absolute Gasteiger partial charge is 0.465 e. The Hall–Kier alpha value is -1.36. The number of thioether (sulfide) groups is 1. The molecule has 0 aliphatic carbocycles. The Morgan fingerprint density at radius 3 is 2.95 bits per heavy atom. The fraction of sp³-hybridized carbons (Fsp3) is 0.533. The van der Waals surface area contributed by atoms with Crippen molar-refractivity contribution in [2.24, 2.45) is 0 Å². The van der Waals surface area contributed by atoms with Gasteiger partial charge in [-0.05, 0) is 43.2 Å². The molecule has 110 valence electrons. The second-order valence-corrected chi connectivity index (χ2v) is 6.52. The predicted molar refractivity (Wildman–Crippen MR) is 85.5 cm³/mol. The van der Waals surface area contributed by atoms with Crippen LogP contribution in [0, 0.1) is 6.92 Å². The van der Waals surface area contributed by atoms with Gasteiger partial charge in [-0.3, -0.25) is 0 Å². The first kappa shape index (κ1) is 15.0. The van der Waals surface area contributed by atoms with E-state index in [1.54, 1.807) is 6.07 Å². The Balaban J connectivity index is 2.07. The highest BCUT2D eigenvalue weighted by Gasteiger charge is 2.16. The maximum absolute atomic E-state index is 11.7. The number of nitrogen functional groups attached to an aromatic ring is 1. The number of esters is 1. The maximum Gasteiger partial charge on any atom is 0.340 e. The van der Waals surface area contributed by atoms with Gasteiger partial charge in [0, 0.05) is 23.2 Å². The monoisotopic (exact) mass is 294 g/mol. The van der Waals surface area contributed by atoms with E-state index in [9.17, 15) is 4.79 Å². The number of benzene rings is 1. The molecule has 0 radical (unpaired) electrons. The number of nitrogens with two attached hydrogens (primary N) is 1. The van der Waals surface area contributed by atoms with Crippen LogP contribution in [0.2, 0.25) is 0 Å². The predicted octanol–water partition coefficient (Wildman–Crippen LogP) is 3.06. The summed E-state index contributed by atoms with van der Waals surface area (Å²) < 4.78 is 4.77. The van der Waals surface area contributed by atoms with Gasteiger partial charge in [-0.25, -0.2) is 4.79 Å². The van der Waals surface area contributed by atoms with Crippen molar-refractivity contribution in [3.8, 4) is 0 Å². The number of anilines is 2. The fourth-order valence-electron chi connectivity index (χ4n) is 2.38. The van der Waals surface area contributed by atoms with Crippen LogP contribution in [0.4, 0.5) is 11.4 Å². The minimum Gasteiger partial charge on any atom is -0.465 e. The lowest BCUT2D eigenvalue weighted by atomic mass is 10.1. The van der Waals surface area contributed by atoms with Crippen LogP contribution in [0.3, 0.4) is 0 Å². The van der Waals surface area contributed by atoms with E-state index in [1.165, 1.54) is 32.1 Å². The smallest absolute Gasteiger partial charge is 0.340 e. The topological polar surface area (TPSA) is 64.3 Å². The Bertz CT molecular complexity index is 485. The van der Waals surface area contributed by atoms with Gasteiger partial charge in [0.15, 0.2) is 0 Å². The molecule has 5 heteroatoms. The molecule has 1 fully saturated rings. The third-order valence-electron chi connectivity index (χ3n) is 3.60. The summed E-state index contributed by atoms with van der Waals surface area (Å²) in [5, 5.41) is 4.07. The van der Waals surface area contributed by atoms with Gasteiger partial charge >= 0.3 is 5.97 Å². The normalized spacial score (nSPS) is 18.6. The molecule has 1 aromatic rings. The van der Waals surface area contributed by atoms with Crippen LogP contribution in [0.25, 0.3) is 0 Å². The van der Waals surface area contributed by atoms with E-state index in [0.29, 0.717) is 16.5 Å². The molecule has 1 unspecified atom stereocenters. The number of hydrogen-bond acceptors (Lipinski definition) is 5. The summed E-state index contributed by atoms with van der Waals surface area (Å²) in [6.07, 6.45) is 3.90. The minimum atomic E-state index is -0.388. The van der Waals surface area contributed by atoms with E-state index in [2.05, 4.69) is 5.32 Å². The molecule has 1 atom stereocenters. The molecule has 1 heterocycles. The highest BCUT2D eigenvalue weighted by molar-refractivity contribution is 7.99. The van der Waals surface area contributed by atoms with Crippen molar-refractivity contribution >= 4 is 29.1 Å². The molecule has 1 saturated heterocycles. The van der Waals surface area contributed by atoms with Gasteiger partial charge < -0.3 is 15.8 Å². The van der Waals surface area contributed by atoms with Crippen molar-refractivity contribution in [2.45, 2.75) is 31.4 Å². The second-order valence-electron chi connectivity index (χ2n) is 5.12. The molecular weight excluding hydrogens is 272 g/mol. The van der Waals surface area contributed by atoms with Crippen LogP contribution >= 0.6 is 11.8 Å². The molecule has 0 spiro atoms. The molecule has 3 N–H and O–H groups in total. The SMILES string of the molecule is COC(=O)c1cc(NCC2CCCCS2)cc(C)c1N. The number of nitrogens with one attached hydrogen (secondary N) is 1. The van der Waals surface area contributed by atoms with E-state index in [-0.39, 0.29) is 5.97 Å². The summed E-state index contributed by atoms with van der Waals surface area (Å²) in [5.41, 5.74) is 8.69. The third kappa shape index (κ3) is 3.60. The summed E-state index contributed by atoms with van der Waals surface area (Å²) in [4.78, 5) is 11.7. The molecule has 1 aliphatic heterocycles. The van der Waals surface area contributed by atoms with Crippen LogP contribution in [-0.4, -0.2) is 30.6 Å². The lowest BCUT2D eigenvalue weighted by Gasteiger charge is -2.22. The number of carbonyl (C=O) groups is 1. The van der Waals surface area contributed by atoms with Gasteiger partial charge in [-0.15, -0.1) is 0 Å². The van der Waals surface area contributed by atoms with Crippen molar-refractivity contribution in [3.63, 3.8) is 0 Å². The first-order valence-electron chi connectivity index (χ1n) is 6.95. The minimum absolute atomic E-state index is 0.388. The second kappa shape index (κ2) is 6.88. The molecule has 1 aromatic carbocycles. The number of hydrogen-bond donors (Lipinski definition) is 2. The Kier molecular flexibility index (Phi) is 5.17. The van der Waals surface area contributed by atoms with Gasteiger partial charge in [0.1, 0.15) is 0 Å². The molecular formula is C15H22N2O2S. The molecule has 0 bridgehead atoms. The highest BCUT2D eigenvalue weighted by Crippen LogP contribution is 2.27. The van der Waals surface area contributed by atoms with E-state index in [1.807, 2.05) is 24.8 Å². The van der Waals surface area contributed by atoms with Crippen LogP contribution in [-0.2, 0) is 4.74 Å². The number of aryl methyl sites for hydroxylation is 1. The zero-order valence-electron chi connectivity index (χ0n) is 12.1. The van der Waals surface area contributed by atoms with Crippen LogP contribution < -0.4 is 11.1 Å². The van der Waals surface area contributed by atoms with Crippen LogP contribution in [0.1, 0.15) is 35.2 Å². The average molecular weight is 294 g/mol. The zero-order valence-corrected chi connectivity index (χ0v) is 12.9. The van der Waals surface area contributed by atoms with Crippen molar-refractivity contribution in [1.29, 1.82) is 0 Å².